The average Bonchev–Trinajstić information content (AvgIpc) is 3.23. The number of hydrogen-bond acceptors (Lipinski definition) is 3. The van der Waals surface area contributed by atoms with Gasteiger partial charge in [0.05, 0.1) is 11.0 Å². The highest BCUT2D eigenvalue weighted by Crippen LogP contribution is 2.35. The Morgan fingerprint density at radius 3 is 2.28 bits per heavy atom. The van der Waals surface area contributed by atoms with E-state index in [4.69, 9.17) is 4.74 Å². The van der Waals surface area contributed by atoms with Gasteiger partial charge in [0, 0.05) is 29.2 Å². The highest BCUT2D eigenvalue weighted by atomic mass is 16.5. The summed E-state index contributed by atoms with van der Waals surface area (Å²) >= 11 is 0. The van der Waals surface area contributed by atoms with Gasteiger partial charge in [0.2, 0.25) is 5.88 Å². The molecule has 0 unspecified atom stereocenters. The molecule has 0 fully saturated rings. The van der Waals surface area contributed by atoms with E-state index >= 15 is 0 Å². The quantitative estimate of drug-likeness (QED) is 0.260. The molecule has 0 aliphatic rings. The summed E-state index contributed by atoms with van der Waals surface area (Å²) < 4.78 is 8.41. The van der Waals surface area contributed by atoms with Gasteiger partial charge in [0.15, 0.2) is 0 Å². The van der Waals surface area contributed by atoms with Crippen molar-refractivity contribution in [1.29, 1.82) is 0 Å². The summed E-state index contributed by atoms with van der Waals surface area (Å²) in [6, 6.07) is 33.3. The Labute approximate surface area is 210 Å². The van der Waals surface area contributed by atoms with E-state index < -0.39 is 0 Å². The molecule has 4 nitrogen and oxygen atoms in total. The Kier molecular flexibility index (Phi) is 5.30. The number of nitrogens with zero attached hydrogens (tertiary/aromatic N) is 3. The lowest BCUT2D eigenvalue weighted by Crippen LogP contribution is -2.11. The summed E-state index contributed by atoms with van der Waals surface area (Å²) in [4.78, 5) is 9.07. The van der Waals surface area contributed by atoms with Crippen LogP contribution in [0.25, 0.3) is 38.8 Å². The van der Waals surface area contributed by atoms with Crippen molar-refractivity contribution in [2.24, 2.45) is 0 Å². The van der Waals surface area contributed by atoms with E-state index in [2.05, 4.69) is 89.9 Å². The average molecular weight is 470 g/mol. The normalized spacial score (nSPS) is 11.8. The fourth-order valence-electron chi connectivity index (χ4n) is 4.67. The highest BCUT2D eigenvalue weighted by Gasteiger charge is 2.16. The van der Waals surface area contributed by atoms with Crippen molar-refractivity contribution in [3.8, 4) is 28.6 Å². The molecule has 0 atom stereocenters. The van der Waals surface area contributed by atoms with Crippen LogP contribution in [-0.2, 0) is 5.41 Å². The van der Waals surface area contributed by atoms with Gasteiger partial charge in [-0.1, -0.05) is 69.3 Å². The van der Waals surface area contributed by atoms with Gasteiger partial charge in [-0.25, -0.2) is 9.97 Å². The lowest BCUT2D eigenvalue weighted by molar-refractivity contribution is 0.459. The summed E-state index contributed by atoms with van der Waals surface area (Å²) in [5.41, 5.74) is 5.69. The maximum absolute atomic E-state index is 6.18. The molecule has 6 aromatic rings. The van der Waals surface area contributed by atoms with E-state index in [0.717, 1.165) is 33.7 Å². The Bertz CT molecular complexity index is 1690. The van der Waals surface area contributed by atoms with E-state index in [1.807, 2.05) is 54.9 Å². The molecule has 0 aliphatic carbocycles. The van der Waals surface area contributed by atoms with E-state index in [9.17, 15) is 0 Å². The van der Waals surface area contributed by atoms with E-state index in [1.165, 1.54) is 16.3 Å². The molecule has 4 heteroatoms. The van der Waals surface area contributed by atoms with Crippen molar-refractivity contribution < 1.29 is 4.74 Å². The molecule has 3 aromatic heterocycles. The van der Waals surface area contributed by atoms with Crippen LogP contribution in [0.3, 0.4) is 0 Å². The highest BCUT2D eigenvalue weighted by molar-refractivity contribution is 6.10. The molecule has 0 spiro atoms. The SMILES string of the molecule is CC(C)(C)c1ccnc(Oc2cccc(-c3ccc4c5ccccc5n(-c5ccccn5)c4c3)c2)c1. The summed E-state index contributed by atoms with van der Waals surface area (Å²) in [6.45, 7) is 6.56. The molecule has 36 heavy (non-hydrogen) atoms. The molecule has 3 aromatic carbocycles. The molecular formula is C32H27N3O. The van der Waals surface area contributed by atoms with E-state index in [0.29, 0.717) is 5.88 Å². The number of rotatable bonds is 4. The second-order valence-electron chi connectivity index (χ2n) is 10.0. The van der Waals surface area contributed by atoms with Crippen LogP contribution in [-0.4, -0.2) is 14.5 Å². The Hall–Kier alpha value is -4.44. The third kappa shape index (κ3) is 4.01. The first-order valence-electron chi connectivity index (χ1n) is 12.2. The molecule has 0 radical (unpaired) electrons. The molecule has 0 saturated heterocycles. The molecule has 0 aliphatic heterocycles. The number of para-hydroxylation sites is 1. The Morgan fingerprint density at radius 2 is 1.44 bits per heavy atom. The first-order chi connectivity index (χ1) is 17.5. The summed E-state index contributed by atoms with van der Waals surface area (Å²) in [5, 5.41) is 2.42. The zero-order valence-electron chi connectivity index (χ0n) is 20.6. The van der Waals surface area contributed by atoms with Gasteiger partial charge in [-0.15, -0.1) is 0 Å². The molecule has 3 heterocycles. The summed E-state index contributed by atoms with van der Waals surface area (Å²) in [5.74, 6) is 2.27. The maximum atomic E-state index is 6.18. The zero-order valence-corrected chi connectivity index (χ0v) is 20.6. The summed E-state index contributed by atoms with van der Waals surface area (Å²) in [7, 11) is 0. The van der Waals surface area contributed by atoms with Crippen LogP contribution in [0.5, 0.6) is 11.6 Å². The molecule has 6 rings (SSSR count). The molecular weight excluding hydrogens is 442 g/mol. The number of aromatic nitrogens is 3. The van der Waals surface area contributed by atoms with Gasteiger partial charge >= 0.3 is 0 Å². The molecule has 176 valence electrons. The second-order valence-corrected chi connectivity index (χ2v) is 10.0. The number of pyridine rings is 2. The van der Waals surface area contributed by atoms with Crippen LogP contribution in [0, 0.1) is 0 Å². The minimum atomic E-state index is 0.0321. The van der Waals surface area contributed by atoms with E-state index in [1.54, 1.807) is 0 Å². The van der Waals surface area contributed by atoms with Gasteiger partial charge in [-0.3, -0.25) is 4.57 Å². The fourth-order valence-corrected chi connectivity index (χ4v) is 4.67. The van der Waals surface area contributed by atoms with Crippen LogP contribution in [0.4, 0.5) is 0 Å². The molecule has 0 bridgehead atoms. The third-order valence-corrected chi connectivity index (χ3v) is 6.54. The molecule has 0 saturated carbocycles. The van der Waals surface area contributed by atoms with Gasteiger partial charge < -0.3 is 4.74 Å². The summed E-state index contributed by atoms with van der Waals surface area (Å²) in [6.07, 6.45) is 3.65. The van der Waals surface area contributed by atoms with Crippen LogP contribution >= 0.6 is 0 Å². The smallest absolute Gasteiger partial charge is 0.219 e. The maximum Gasteiger partial charge on any atom is 0.219 e. The standard InChI is InChI=1S/C32H27N3O/c1-32(2,3)24-16-18-34-31(21-24)36-25-10-8-9-22(19-25)23-14-15-27-26-11-4-5-12-28(26)35(29(27)20-23)30-13-6-7-17-33-30/h4-21H,1-3H3. The molecule has 0 N–H and O–H groups in total. The number of hydrogen-bond donors (Lipinski definition) is 0. The second kappa shape index (κ2) is 8.65. The number of ether oxygens (including phenoxy) is 1. The lowest BCUT2D eigenvalue weighted by atomic mass is 9.88. The van der Waals surface area contributed by atoms with Crippen molar-refractivity contribution in [3.63, 3.8) is 0 Å². The van der Waals surface area contributed by atoms with Crippen LogP contribution in [0.15, 0.2) is 109 Å². The van der Waals surface area contributed by atoms with Gasteiger partial charge in [-0.05, 0) is 64.6 Å². The third-order valence-electron chi connectivity index (χ3n) is 6.54. The predicted octanol–water partition coefficient (Wildman–Crippen LogP) is 8.33. The number of fused-ring (bicyclic) bond motifs is 3. The lowest BCUT2D eigenvalue weighted by Gasteiger charge is -2.19. The van der Waals surface area contributed by atoms with Crippen molar-refractivity contribution >= 4 is 21.8 Å². The first-order valence-corrected chi connectivity index (χ1v) is 12.2. The topological polar surface area (TPSA) is 39.9 Å². The van der Waals surface area contributed by atoms with Crippen LogP contribution in [0.2, 0.25) is 0 Å². The minimum absolute atomic E-state index is 0.0321. The van der Waals surface area contributed by atoms with Crippen molar-refractivity contribution in [3.05, 3.63) is 115 Å². The Balaban J connectivity index is 1.43. The zero-order chi connectivity index (χ0) is 24.7. The van der Waals surface area contributed by atoms with Crippen LogP contribution in [0.1, 0.15) is 26.3 Å². The van der Waals surface area contributed by atoms with Crippen molar-refractivity contribution in [2.45, 2.75) is 26.2 Å². The number of benzene rings is 3. The Morgan fingerprint density at radius 1 is 0.639 bits per heavy atom. The van der Waals surface area contributed by atoms with Gasteiger partial charge in [0.25, 0.3) is 0 Å². The van der Waals surface area contributed by atoms with Gasteiger partial charge in [-0.2, -0.15) is 0 Å². The predicted molar refractivity (Wildman–Crippen MR) is 147 cm³/mol. The largest absolute Gasteiger partial charge is 0.439 e. The first kappa shape index (κ1) is 22.1. The van der Waals surface area contributed by atoms with Gasteiger partial charge in [0.1, 0.15) is 11.6 Å². The molecule has 0 amide bonds. The van der Waals surface area contributed by atoms with Crippen molar-refractivity contribution in [2.75, 3.05) is 0 Å². The van der Waals surface area contributed by atoms with Crippen molar-refractivity contribution in [1.82, 2.24) is 14.5 Å². The van der Waals surface area contributed by atoms with Crippen LogP contribution < -0.4 is 4.74 Å². The van der Waals surface area contributed by atoms with E-state index in [-0.39, 0.29) is 5.41 Å². The monoisotopic (exact) mass is 469 g/mol. The minimum Gasteiger partial charge on any atom is -0.439 e. The fraction of sp³-hybridized carbons (Fsp3) is 0.125.